The Morgan fingerprint density at radius 1 is 1.09 bits per heavy atom. The number of hydrogen-bond acceptors (Lipinski definition) is 4. The zero-order chi connectivity index (χ0) is 22.9. The van der Waals surface area contributed by atoms with Gasteiger partial charge in [0.05, 0.1) is 17.6 Å². The molecule has 166 valence electrons. The average Bonchev–Trinajstić information content (AvgIpc) is 3.32. The highest BCUT2D eigenvalue weighted by Crippen LogP contribution is 2.30. The summed E-state index contributed by atoms with van der Waals surface area (Å²) < 4.78 is 18.5. The molecule has 2 aromatic carbocycles. The van der Waals surface area contributed by atoms with Crippen LogP contribution in [0.3, 0.4) is 0 Å². The molecule has 0 aliphatic carbocycles. The van der Waals surface area contributed by atoms with Crippen LogP contribution >= 0.6 is 0 Å². The predicted octanol–water partition coefficient (Wildman–Crippen LogP) is 3.99. The molecule has 0 fully saturated rings. The number of halogens is 1. The van der Waals surface area contributed by atoms with E-state index in [2.05, 4.69) is 25.6 Å². The molecule has 2 heterocycles. The van der Waals surface area contributed by atoms with Crippen LogP contribution in [0.5, 0.6) is 0 Å². The van der Waals surface area contributed by atoms with Gasteiger partial charge >= 0.3 is 6.09 Å². The summed E-state index contributed by atoms with van der Waals surface area (Å²) in [4.78, 5) is 34.4. The standard InChI is InChI=1S/C23H24FN5O3/c1-23(2,3)32-22(31)27-12-21(30)26-11-20-28-17-7-4-13(8-19(17)29-20)16-10-25-18-9-14(24)5-6-15(16)18/h4-10,25H,11-12H2,1-3H3,(H,26,30)(H,27,31)(H,28,29). The summed E-state index contributed by atoms with van der Waals surface area (Å²) in [5.74, 6) is -0.0605. The SMILES string of the molecule is CC(C)(C)OC(=O)NCC(=O)NCc1nc2ccc(-c3c[nH]c4cc(F)ccc34)cc2[nH]1. The van der Waals surface area contributed by atoms with Gasteiger partial charge in [-0.25, -0.2) is 14.2 Å². The molecule has 0 saturated heterocycles. The van der Waals surface area contributed by atoms with Crippen molar-refractivity contribution in [2.45, 2.75) is 32.9 Å². The van der Waals surface area contributed by atoms with E-state index in [1.54, 1.807) is 26.8 Å². The van der Waals surface area contributed by atoms with Crippen molar-refractivity contribution in [1.29, 1.82) is 0 Å². The van der Waals surface area contributed by atoms with Gasteiger partial charge in [-0.05, 0) is 56.7 Å². The number of ether oxygens (including phenoxy) is 1. The molecule has 4 N–H and O–H groups in total. The first-order chi connectivity index (χ1) is 15.2. The Labute approximate surface area is 183 Å². The van der Waals surface area contributed by atoms with Gasteiger partial charge in [-0.3, -0.25) is 4.79 Å². The van der Waals surface area contributed by atoms with Crippen LogP contribution in [-0.4, -0.2) is 39.1 Å². The van der Waals surface area contributed by atoms with Crippen LogP contribution < -0.4 is 10.6 Å². The van der Waals surface area contributed by atoms with Crippen molar-refractivity contribution in [1.82, 2.24) is 25.6 Å². The van der Waals surface area contributed by atoms with Gasteiger partial charge in [-0.15, -0.1) is 0 Å². The number of nitrogens with zero attached hydrogens (tertiary/aromatic N) is 1. The van der Waals surface area contributed by atoms with Gasteiger partial charge in [0.15, 0.2) is 0 Å². The van der Waals surface area contributed by atoms with Crippen LogP contribution in [0, 0.1) is 5.82 Å². The molecular formula is C23H24FN5O3. The van der Waals surface area contributed by atoms with Gasteiger partial charge in [-0.2, -0.15) is 0 Å². The Kier molecular flexibility index (Phi) is 5.56. The first kappa shape index (κ1) is 21.4. The monoisotopic (exact) mass is 437 g/mol. The Morgan fingerprint density at radius 3 is 2.69 bits per heavy atom. The second kappa shape index (κ2) is 8.33. The van der Waals surface area contributed by atoms with Gasteiger partial charge in [-0.1, -0.05) is 6.07 Å². The summed E-state index contributed by atoms with van der Waals surface area (Å²) in [5.41, 5.74) is 3.59. The second-order valence-electron chi connectivity index (χ2n) is 8.44. The number of rotatable bonds is 5. The first-order valence-electron chi connectivity index (χ1n) is 10.2. The van der Waals surface area contributed by atoms with Crippen molar-refractivity contribution in [3.05, 3.63) is 54.2 Å². The summed E-state index contributed by atoms with van der Waals surface area (Å²) >= 11 is 0. The molecule has 0 aliphatic heterocycles. The summed E-state index contributed by atoms with van der Waals surface area (Å²) in [6, 6.07) is 10.4. The molecule has 0 atom stereocenters. The minimum Gasteiger partial charge on any atom is -0.444 e. The molecule has 0 aliphatic rings. The van der Waals surface area contributed by atoms with Gasteiger partial charge in [0.2, 0.25) is 5.91 Å². The van der Waals surface area contributed by atoms with E-state index in [9.17, 15) is 14.0 Å². The predicted molar refractivity (Wildman–Crippen MR) is 119 cm³/mol. The Balaban J connectivity index is 1.41. The van der Waals surface area contributed by atoms with Crippen molar-refractivity contribution >= 4 is 33.9 Å². The van der Waals surface area contributed by atoms with Gasteiger partial charge in [0.25, 0.3) is 0 Å². The average molecular weight is 437 g/mol. The summed E-state index contributed by atoms with van der Waals surface area (Å²) in [6.45, 7) is 5.24. The number of H-pyrrole nitrogens is 2. The van der Waals surface area contributed by atoms with Gasteiger partial charge < -0.3 is 25.3 Å². The number of benzene rings is 2. The van der Waals surface area contributed by atoms with Crippen molar-refractivity contribution in [2.75, 3.05) is 6.54 Å². The number of carbonyl (C=O) groups excluding carboxylic acids is 2. The van der Waals surface area contributed by atoms with E-state index in [1.807, 2.05) is 24.4 Å². The number of alkyl carbamates (subject to hydrolysis) is 1. The lowest BCUT2D eigenvalue weighted by Crippen LogP contribution is -2.39. The number of imidazole rings is 1. The smallest absolute Gasteiger partial charge is 0.408 e. The lowest BCUT2D eigenvalue weighted by atomic mass is 10.0. The van der Waals surface area contributed by atoms with E-state index in [4.69, 9.17) is 4.74 Å². The van der Waals surface area contributed by atoms with E-state index in [-0.39, 0.29) is 24.8 Å². The summed E-state index contributed by atoms with van der Waals surface area (Å²) in [6.07, 6.45) is 1.20. The third kappa shape index (κ3) is 4.88. The molecular weight excluding hydrogens is 413 g/mol. The molecule has 2 aromatic heterocycles. The van der Waals surface area contributed by atoms with Crippen LogP contribution in [0.4, 0.5) is 9.18 Å². The highest BCUT2D eigenvalue weighted by molar-refractivity contribution is 5.97. The van der Waals surface area contributed by atoms with Crippen molar-refractivity contribution < 1.29 is 18.7 Å². The Bertz CT molecular complexity index is 1300. The molecule has 0 radical (unpaired) electrons. The topological polar surface area (TPSA) is 112 Å². The zero-order valence-electron chi connectivity index (χ0n) is 18.0. The van der Waals surface area contributed by atoms with E-state index in [0.29, 0.717) is 5.82 Å². The van der Waals surface area contributed by atoms with Crippen LogP contribution in [0.25, 0.3) is 33.1 Å². The maximum absolute atomic E-state index is 13.5. The van der Waals surface area contributed by atoms with Crippen LogP contribution in [0.2, 0.25) is 0 Å². The van der Waals surface area contributed by atoms with Crippen LogP contribution in [0.15, 0.2) is 42.6 Å². The van der Waals surface area contributed by atoms with Crippen molar-refractivity contribution in [2.24, 2.45) is 0 Å². The van der Waals surface area contributed by atoms with Gasteiger partial charge in [0, 0.05) is 22.7 Å². The quantitative estimate of drug-likeness (QED) is 0.378. The van der Waals surface area contributed by atoms with Crippen molar-refractivity contribution in [3.8, 4) is 11.1 Å². The number of aromatic amines is 2. The fourth-order valence-corrected chi connectivity index (χ4v) is 3.36. The van der Waals surface area contributed by atoms with Crippen LogP contribution in [-0.2, 0) is 16.1 Å². The van der Waals surface area contributed by atoms with Crippen molar-refractivity contribution in [3.63, 3.8) is 0 Å². The molecule has 8 nitrogen and oxygen atoms in total. The number of aromatic nitrogens is 3. The maximum Gasteiger partial charge on any atom is 0.408 e. The minimum atomic E-state index is -0.649. The highest BCUT2D eigenvalue weighted by Gasteiger charge is 2.16. The third-order valence-electron chi connectivity index (χ3n) is 4.73. The third-order valence-corrected chi connectivity index (χ3v) is 4.73. The normalized spacial score (nSPS) is 11.6. The fourth-order valence-electron chi connectivity index (χ4n) is 3.36. The molecule has 32 heavy (non-hydrogen) atoms. The molecule has 4 rings (SSSR count). The zero-order valence-corrected chi connectivity index (χ0v) is 18.0. The minimum absolute atomic E-state index is 0.186. The fraction of sp³-hybridized carbons (Fsp3) is 0.261. The number of nitrogens with one attached hydrogen (secondary N) is 4. The summed E-state index contributed by atoms with van der Waals surface area (Å²) in [7, 11) is 0. The highest BCUT2D eigenvalue weighted by atomic mass is 19.1. The van der Waals surface area contributed by atoms with E-state index in [1.165, 1.54) is 12.1 Å². The lowest BCUT2D eigenvalue weighted by molar-refractivity contribution is -0.120. The molecule has 0 spiro atoms. The molecule has 0 bridgehead atoms. The Hall–Kier alpha value is -3.88. The summed E-state index contributed by atoms with van der Waals surface area (Å²) in [5, 5.41) is 6.05. The number of amides is 2. The first-order valence-corrected chi connectivity index (χ1v) is 10.2. The molecule has 0 unspecified atom stereocenters. The second-order valence-corrected chi connectivity index (χ2v) is 8.44. The van der Waals surface area contributed by atoms with E-state index >= 15 is 0 Å². The maximum atomic E-state index is 13.5. The van der Waals surface area contributed by atoms with E-state index < -0.39 is 11.7 Å². The molecule has 9 heteroatoms. The largest absolute Gasteiger partial charge is 0.444 e. The van der Waals surface area contributed by atoms with Gasteiger partial charge in [0.1, 0.15) is 23.8 Å². The number of hydrogen-bond donors (Lipinski definition) is 4. The number of carbonyl (C=O) groups is 2. The van der Waals surface area contributed by atoms with E-state index in [0.717, 1.165) is 33.1 Å². The van der Waals surface area contributed by atoms with Crippen LogP contribution in [0.1, 0.15) is 26.6 Å². The molecule has 4 aromatic rings. The number of fused-ring (bicyclic) bond motifs is 2. The molecule has 2 amide bonds. The lowest BCUT2D eigenvalue weighted by Gasteiger charge is -2.19. The Morgan fingerprint density at radius 2 is 1.91 bits per heavy atom. The molecule has 0 saturated carbocycles.